The molecule has 3 aliphatic rings. The van der Waals surface area contributed by atoms with Crippen LogP contribution in [0.2, 0.25) is 0 Å². The summed E-state index contributed by atoms with van der Waals surface area (Å²) in [6, 6.07) is 4.10. The molecule has 3 saturated heterocycles. The minimum atomic E-state index is -5.09. The Bertz CT molecular complexity index is 1250. The minimum absolute atomic E-state index is 0.00867. The monoisotopic (exact) mass is 618 g/mol. The van der Waals surface area contributed by atoms with E-state index in [0.717, 1.165) is 64.2 Å². The number of likely N-dealkylation sites (tertiary alicyclic amines) is 1. The van der Waals surface area contributed by atoms with Crippen molar-refractivity contribution in [2.75, 3.05) is 45.8 Å². The highest BCUT2D eigenvalue weighted by molar-refractivity contribution is 5.95. The SMILES string of the molecule is O=C(c1cc(C(F)(F)F)cc(C(F)(F)F)c1)N1CCC(N2CCN(C3CCNCC3)CC2)CC1Cc1ccc(F)c(F)c1. The number of nitrogens with one attached hydrogen (secondary N) is 1. The number of hydrogen-bond donors (Lipinski definition) is 1. The molecule has 0 radical (unpaired) electrons. The van der Waals surface area contributed by atoms with Gasteiger partial charge in [-0.25, -0.2) is 8.78 Å². The lowest BCUT2D eigenvalue weighted by molar-refractivity contribution is -0.143. The summed E-state index contributed by atoms with van der Waals surface area (Å²) in [5.74, 6) is -3.09. The largest absolute Gasteiger partial charge is 0.416 e. The van der Waals surface area contributed by atoms with Gasteiger partial charge in [-0.3, -0.25) is 14.6 Å². The van der Waals surface area contributed by atoms with Gasteiger partial charge < -0.3 is 10.2 Å². The Kier molecular flexibility index (Phi) is 9.34. The van der Waals surface area contributed by atoms with Crippen LogP contribution < -0.4 is 5.32 Å². The van der Waals surface area contributed by atoms with Crippen LogP contribution in [0, 0.1) is 11.6 Å². The number of rotatable bonds is 5. The molecule has 13 heteroatoms. The topological polar surface area (TPSA) is 38.8 Å². The lowest BCUT2D eigenvalue weighted by Crippen LogP contribution is -2.58. The van der Waals surface area contributed by atoms with E-state index in [1.54, 1.807) is 0 Å². The molecule has 2 aromatic carbocycles. The molecule has 5 rings (SSSR count). The van der Waals surface area contributed by atoms with E-state index in [1.807, 2.05) is 0 Å². The number of hydrogen-bond acceptors (Lipinski definition) is 4. The van der Waals surface area contributed by atoms with Gasteiger partial charge >= 0.3 is 12.4 Å². The summed E-state index contributed by atoms with van der Waals surface area (Å²) in [5.41, 5.74) is -3.47. The molecule has 2 unspecified atom stereocenters. The van der Waals surface area contributed by atoms with Gasteiger partial charge in [-0.2, -0.15) is 26.3 Å². The number of carbonyl (C=O) groups is 1. The van der Waals surface area contributed by atoms with Gasteiger partial charge in [0.1, 0.15) is 0 Å². The summed E-state index contributed by atoms with van der Waals surface area (Å²) in [6.45, 7) is 5.42. The van der Waals surface area contributed by atoms with Crippen LogP contribution >= 0.6 is 0 Å². The lowest BCUT2D eigenvalue weighted by atomic mass is 9.89. The zero-order valence-corrected chi connectivity index (χ0v) is 23.5. The first kappa shape index (κ1) is 31.6. The van der Waals surface area contributed by atoms with Crippen molar-refractivity contribution in [3.8, 4) is 0 Å². The van der Waals surface area contributed by atoms with Crippen molar-refractivity contribution in [1.29, 1.82) is 0 Å². The van der Waals surface area contributed by atoms with Crippen molar-refractivity contribution in [3.05, 3.63) is 70.3 Å². The molecular weight excluding hydrogens is 584 g/mol. The molecule has 0 bridgehead atoms. The van der Waals surface area contributed by atoms with Crippen LogP contribution in [0.1, 0.15) is 52.7 Å². The number of carbonyl (C=O) groups excluding carboxylic acids is 1. The van der Waals surface area contributed by atoms with Gasteiger partial charge in [-0.15, -0.1) is 0 Å². The highest BCUT2D eigenvalue weighted by Crippen LogP contribution is 2.37. The Labute approximate surface area is 244 Å². The Morgan fingerprint density at radius 3 is 1.88 bits per heavy atom. The Hall–Kier alpha value is -2.77. The number of piperidine rings is 2. The van der Waals surface area contributed by atoms with Crippen molar-refractivity contribution in [2.24, 2.45) is 0 Å². The van der Waals surface area contributed by atoms with Crippen LogP contribution in [0.4, 0.5) is 35.1 Å². The predicted octanol–water partition coefficient (Wildman–Crippen LogP) is 5.59. The third-order valence-corrected chi connectivity index (χ3v) is 8.93. The standard InChI is InChI=1S/C30H34F8N4O/c31-26-2-1-19(14-27(26)32)13-25-18-24(41-11-9-40(10-12-41)23-3-6-39-7-4-23)5-8-42(25)28(43)20-15-21(29(33,34)35)17-22(16-20)30(36,37)38/h1-2,14-17,23-25,39H,3-13,18H2. The summed E-state index contributed by atoms with van der Waals surface area (Å²) in [5, 5.41) is 3.37. The van der Waals surface area contributed by atoms with Crippen molar-refractivity contribution >= 4 is 5.91 Å². The number of halogens is 8. The molecule has 0 saturated carbocycles. The maximum absolute atomic E-state index is 14.0. The summed E-state index contributed by atoms with van der Waals surface area (Å²) in [7, 11) is 0. The molecule has 3 aliphatic heterocycles. The van der Waals surface area contributed by atoms with E-state index in [0.29, 0.717) is 36.6 Å². The van der Waals surface area contributed by atoms with Gasteiger partial charge in [-0.05, 0) is 81.1 Å². The van der Waals surface area contributed by atoms with E-state index in [-0.39, 0.29) is 25.1 Å². The zero-order valence-electron chi connectivity index (χ0n) is 23.5. The zero-order chi connectivity index (χ0) is 30.9. The van der Waals surface area contributed by atoms with Crippen LogP contribution in [0.3, 0.4) is 0 Å². The van der Waals surface area contributed by atoms with Crippen LogP contribution in [0.5, 0.6) is 0 Å². The van der Waals surface area contributed by atoms with Gasteiger partial charge in [0.25, 0.3) is 5.91 Å². The highest BCUT2D eigenvalue weighted by Gasteiger charge is 2.40. The van der Waals surface area contributed by atoms with E-state index >= 15 is 0 Å². The first-order valence-electron chi connectivity index (χ1n) is 14.5. The van der Waals surface area contributed by atoms with Crippen LogP contribution in [0.25, 0.3) is 0 Å². The van der Waals surface area contributed by atoms with Gasteiger partial charge in [-0.1, -0.05) is 6.07 Å². The first-order chi connectivity index (χ1) is 20.3. The Balaban J connectivity index is 1.37. The van der Waals surface area contributed by atoms with E-state index in [2.05, 4.69) is 15.1 Å². The average Bonchev–Trinajstić information content (AvgIpc) is 2.98. The van der Waals surface area contributed by atoms with E-state index in [9.17, 15) is 39.9 Å². The molecule has 5 nitrogen and oxygen atoms in total. The van der Waals surface area contributed by atoms with E-state index in [4.69, 9.17) is 0 Å². The molecule has 1 N–H and O–H groups in total. The van der Waals surface area contributed by atoms with Crippen molar-refractivity contribution in [2.45, 2.75) is 62.6 Å². The number of alkyl halides is 6. The number of nitrogens with zero attached hydrogens (tertiary/aromatic N) is 3. The third kappa shape index (κ3) is 7.49. The molecule has 3 fully saturated rings. The molecule has 236 valence electrons. The summed E-state index contributed by atoms with van der Waals surface area (Å²) in [4.78, 5) is 19.7. The van der Waals surface area contributed by atoms with Gasteiger partial charge in [0.15, 0.2) is 11.6 Å². The molecule has 2 aromatic rings. The normalized spacial score (nSPS) is 23.5. The van der Waals surface area contributed by atoms with Gasteiger partial charge in [0, 0.05) is 56.4 Å². The minimum Gasteiger partial charge on any atom is -0.335 e. The summed E-state index contributed by atoms with van der Waals surface area (Å²) in [6.07, 6.45) is -7.07. The third-order valence-electron chi connectivity index (χ3n) is 8.93. The maximum Gasteiger partial charge on any atom is 0.416 e. The summed E-state index contributed by atoms with van der Waals surface area (Å²) >= 11 is 0. The highest BCUT2D eigenvalue weighted by atomic mass is 19.4. The molecule has 0 spiro atoms. The average molecular weight is 619 g/mol. The lowest BCUT2D eigenvalue weighted by Gasteiger charge is -2.47. The first-order valence-corrected chi connectivity index (χ1v) is 14.5. The Morgan fingerprint density at radius 2 is 1.33 bits per heavy atom. The van der Waals surface area contributed by atoms with Crippen LogP contribution in [0.15, 0.2) is 36.4 Å². The quantitative estimate of drug-likeness (QED) is 0.444. The molecule has 1 amide bonds. The number of amides is 1. The predicted molar refractivity (Wildman–Crippen MR) is 143 cm³/mol. The maximum atomic E-state index is 14.0. The molecule has 43 heavy (non-hydrogen) atoms. The molecular formula is C30H34F8N4O. The second kappa shape index (κ2) is 12.7. The smallest absolute Gasteiger partial charge is 0.335 e. The fourth-order valence-electron chi connectivity index (χ4n) is 6.64. The Morgan fingerprint density at radius 1 is 0.744 bits per heavy atom. The van der Waals surface area contributed by atoms with Crippen LogP contribution in [-0.2, 0) is 18.8 Å². The van der Waals surface area contributed by atoms with Gasteiger partial charge in [0.2, 0.25) is 0 Å². The molecule has 3 heterocycles. The van der Waals surface area contributed by atoms with Crippen molar-refractivity contribution in [1.82, 2.24) is 20.0 Å². The second-order valence-corrected chi connectivity index (χ2v) is 11.6. The van der Waals surface area contributed by atoms with E-state index < -0.39 is 52.6 Å². The van der Waals surface area contributed by atoms with Crippen molar-refractivity contribution in [3.63, 3.8) is 0 Å². The second-order valence-electron chi connectivity index (χ2n) is 11.6. The van der Waals surface area contributed by atoms with E-state index in [1.165, 1.54) is 11.0 Å². The van der Waals surface area contributed by atoms with Crippen molar-refractivity contribution < 1.29 is 39.9 Å². The van der Waals surface area contributed by atoms with Gasteiger partial charge in [0.05, 0.1) is 11.1 Å². The molecule has 0 aromatic heterocycles. The van der Waals surface area contributed by atoms with Crippen LogP contribution in [-0.4, -0.2) is 84.5 Å². The molecule has 0 aliphatic carbocycles. The number of benzene rings is 2. The molecule has 2 atom stereocenters. The fourth-order valence-corrected chi connectivity index (χ4v) is 6.64. The fraction of sp³-hybridized carbons (Fsp3) is 0.567. The summed E-state index contributed by atoms with van der Waals surface area (Å²) < 4.78 is 109. The number of piperazine rings is 1.